The molecule has 0 N–H and O–H groups in total. The molecule has 0 aromatic carbocycles. The average Bonchev–Trinajstić information content (AvgIpc) is 2.58. The van der Waals surface area contributed by atoms with E-state index in [2.05, 4.69) is 45.1 Å². The SMILES string of the molecule is CCCCC1=CC2C=CC(C)=C2C(C)=C1. The summed E-state index contributed by atoms with van der Waals surface area (Å²) in [6.45, 7) is 6.72. The van der Waals surface area contributed by atoms with Crippen LogP contribution in [0.25, 0.3) is 0 Å². The first kappa shape index (κ1) is 10.5. The van der Waals surface area contributed by atoms with Gasteiger partial charge in [-0.25, -0.2) is 0 Å². The van der Waals surface area contributed by atoms with E-state index in [0.717, 1.165) is 0 Å². The smallest absolute Gasteiger partial charge is 0.0212 e. The van der Waals surface area contributed by atoms with Gasteiger partial charge in [-0.1, -0.05) is 43.2 Å². The predicted octanol–water partition coefficient (Wildman–Crippen LogP) is 4.57. The molecule has 2 rings (SSSR count). The number of hydrogen-bond acceptors (Lipinski definition) is 0. The Hall–Kier alpha value is -1.04. The van der Waals surface area contributed by atoms with E-state index in [-0.39, 0.29) is 0 Å². The molecule has 1 atom stereocenters. The van der Waals surface area contributed by atoms with E-state index in [1.54, 1.807) is 0 Å². The Kier molecular flexibility index (Phi) is 2.95. The highest BCUT2D eigenvalue weighted by molar-refractivity contribution is 5.54. The zero-order valence-corrected chi connectivity index (χ0v) is 10.0. The first-order valence-corrected chi connectivity index (χ1v) is 6.00. The molecule has 0 aliphatic heterocycles. The Balaban J connectivity index is 2.21. The molecular weight excluding hydrogens is 180 g/mol. The van der Waals surface area contributed by atoms with E-state index in [9.17, 15) is 0 Å². The number of hydrogen-bond donors (Lipinski definition) is 0. The Labute approximate surface area is 93.1 Å². The molecule has 0 bridgehead atoms. The summed E-state index contributed by atoms with van der Waals surface area (Å²) in [5.74, 6) is 0.571. The molecule has 0 heterocycles. The van der Waals surface area contributed by atoms with Gasteiger partial charge >= 0.3 is 0 Å². The van der Waals surface area contributed by atoms with Crippen molar-refractivity contribution in [3.05, 3.63) is 46.6 Å². The highest BCUT2D eigenvalue weighted by Gasteiger charge is 2.21. The fraction of sp³-hybridized carbons (Fsp3) is 0.467. The average molecular weight is 200 g/mol. The maximum Gasteiger partial charge on any atom is 0.0212 e. The van der Waals surface area contributed by atoms with Crippen LogP contribution in [0.4, 0.5) is 0 Å². The summed E-state index contributed by atoms with van der Waals surface area (Å²) < 4.78 is 0. The molecule has 2 aliphatic carbocycles. The van der Waals surface area contributed by atoms with Crippen molar-refractivity contribution in [1.82, 2.24) is 0 Å². The van der Waals surface area contributed by atoms with E-state index >= 15 is 0 Å². The third-order valence-electron chi connectivity index (χ3n) is 3.35. The fourth-order valence-corrected chi connectivity index (χ4v) is 2.58. The van der Waals surface area contributed by atoms with Gasteiger partial charge in [0.1, 0.15) is 0 Å². The van der Waals surface area contributed by atoms with E-state index in [1.165, 1.54) is 41.6 Å². The van der Waals surface area contributed by atoms with Crippen molar-refractivity contribution in [2.24, 2.45) is 5.92 Å². The molecule has 2 aliphatic rings. The minimum Gasteiger partial charge on any atom is -0.0729 e. The number of rotatable bonds is 3. The lowest BCUT2D eigenvalue weighted by Crippen LogP contribution is -2.04. The lowest BCUT2D eigenvalue weighted by Gasteiger charge is -2.19. The standard InChI is InChI=1S/C15H20/c1-4-5-6-13-9-12(3)15-11(2)7-8-14(15)10-13/h7-10,14H,4-6H2,1-3H3. The van der Waals surface area contributed by atoms with Crippen LogP contribution >= 0.6 is 0 Å². The van der Waals surface area contributed by atoms with Crippen molar-refractivity contribution in [1.29, 1.82) is 0 Å². The van der Waals surface area contributed by atoms with E-state index in [1.807, 2.05) is 0 Å². The van der Waals surface area contributed by atoms with Crippen LogP contribution < -0.4 is 0 Å². The van der Waals surface area contributed by atoms with Gasteiger partial charge in [0, 0.05) is 5.92 Å². The molecule has 15 heavy (non-hydrogen) atoms. The summed E-state index contributed by atoms with van der Waals surface area (Å²) in [7, 11) is 0. The summed E-state index contributed by atoms with van der Waals surface area (Å²) >= 11 is 0. The van der Waals surface area contributed by atoms with Gasteiger partial charge < -0.3 is 0 Å². The minimum absolute atomic E-state index is 0.571. The van der Waals surface area contributed by atoms with Crippen LogP contribution in [0.5, 0.6) is 0 Å². The van der Waals surface area contributed by atoms with Crippen molar-refractivity contribution in [2.75, 3.05) is 0 Å². The molecule has 0 nitrogen and oxygen atoms in total. The number of allylic oxidation sites excluding steroid dienone is 8. The second-order valence-electron chi connectivity index (χ2n) is 4.65. The van der Waals surface area contributed by atoms with Crippen LogP contribution in [-0.2, 0) is 0 Å². The van der Waals surface area contributed by atoms with Gasteiger partial charge in [0.15, 0.2) is 0 Å². The molecular formula is C15H20. The minimum atomic E-state index is 0.571. The van der Waals surface area contributed by atoms with Gasteiger partial charge in [0.05, 0.1) is 0 Å². The molecule has 0 aromatic rings. The van der Waals surface area contributed by atoms with Crippen LogP contribution in [0.2, 0.25) is 0 Å². The Morgan fingerprint density at radius 2 is 2.07 bits per heavy atom. The Morgan fingerprint density at radius 3 is 2.80 bits per heavy atom. The summed E-state index contributed by atoms with van der Waals surface area (Å²) in [4.78, 5) is 0. The first-order valence-electron chi connectivity index (χ1n) is 6.00. The lowest BCUT2D eigenvalue weighted by atomic mass is 9.85. The van der Waals surface area contributed by atoms with E-state index < -0.39 is 0 Å². The van der Waals surface area contributed by atoms with Crippen molar-refractivity contribution in [3.63, 3.8) is 0 Å². The van der Waals surface area contributed by atoms with Gasteiger partial charge in [-0.3, -0.25) is 0 Å². The molecule has 0 saturated heterocycles. The van der Waals surface area contributed by atoms with Gasteiger partial charge in [-0.2, -0.15) is 0 Å². The van der Waals surface area contributed by atoms with E-state index in [0.29, 0.717) is 5.92 Å². The van der Waals surface area contributed by atoms with Crippen molar-refractivity contribution in [3.8, 4) is 0 Å². The van der Waals surface area contributed by atoms with Gasteiger partial charge in [-0.15, -0.1) is 0 Å². The van der Waals surface area contributed by atoms with Crippen LogP contribution in [0.1, 0.15) is 40.0 Å². The summed E-state index contributed by atoms with van der Waals surface area (Å²) in [6.07, 6.45) is 13.2. The molecule has 0 amide bonds. The van der Waals surface area contributed by atoms with Crippen molar-refractivity contribution in [2.45, 2.75) is 40.0 Å². The molecule has 0 aromatic heterocycles. The second kappa shape index (κ2) is 4.22. The van der Waals surface area contributed by atoms with Crippen LogP contribution in [-0.4, -0.2) is 0 Å². The topological polar surface area (TPSA) is 0 Å². The first-order chi connectivity index (χ1) is 7.22. The van der Waals surface area contributed by atoms with Crippen LogP contribution in [0.15, 0.2) is 46.6 Å². The lowest BCUT2D eigenvalue weighted by molar-refractivity contribution is 0.784. The van der Waals surface area contributed by atoms with Crippen LogP contribution in [0.3, 0.4) is 0 Å². The molecule has 0 saturated carbocycles. The quantitative estimate of drug-likeness (QED) is 0.626. The zero-order valence-electron chi connectivity index (χ0n) is 10.0. The molecule has 0 spiro atoms. The predicted molar refractivity (Wildman–Crippen MR) is 66.7 cm³/mol. The number of unbranched alkanes of at least 4 members (excludes halogenated alkanes) is 1. The molecule has 80 valence electrons. The maximum atomic E-state index is 2.44. The largest absolute Gasteiger partial charge is 0.0729 e. The monoisotopic (exact) mass is 200 g/mol. The summed E-state index contributed by atoms with van der Waals surface area (Å²) in [6, 6.07) is 0. The van der Waals surface area contributed by atoms with Gasteiger partial charge in [0.2, 0.25) is 0 Å². The van der Waals surface area contributed by atoms with Crippen molar-refractivity contribution >= 4 is 0 Å². The second-order valence-corrected chi connectivity index (χ2v) is 4.65. The highest BCUT2D eigenvalue weighted by Crippen LogP contribution is 2.37. The normalized spacial score (nSPS) is 24.1. The fourth-order valence-electron chi connectivity index (χ4n) is 2.58. The summed E-state index contributed by atoms with van der Waals surface area (Å²) in [5, 5.41) is 0. The molecule has 1 unspecified atom stereocenters. The number of fused-ring (bicyclic) bond motifs is 1. The Morgan fingerprint density at radius 1 is 1.27 bits per heavy atom. The third-order valence-corrected chi connectivity index (χ3v) is 3.35. The van der Waals surface area contributed by atoms with Crippen LogP contribution in [0, 0.1) is 5.92 Å². The van der Waals surface area contributed by atoms with Gasteiger partial charge in [-0.05, 0) is 43.4 Å². The Bertz CT molecular complexity index is 375. The maximum absolute atomic E-state index is 2.44. The van der Waals surface area contributed by atoms with Crippen molar-refractivity contribution < 1.29 is 0 Å². The van der Waals surface area contributed by atoms with E-state index in [4.69, 9.17) is 0 Å². The van der Waals surface area contributed by atoms with Gasteiger partial charge in [0.25, 0.3) is 0 Å². The highest BCUT2D eigenvalue weighted by atomic mass is 14.3. The molecule has 0 heteroatoms. The summed E-state index contributed by atoms with van der Waals surface area (Å²) in [5.41, 5.74) is 5.98. The zero-order chi connectivity index (χ0) is 10.8. The molecule has 0 fully saturated rings. The third kappa shape index (κ3) is 1.99. The molecule has 0 radical (unpaired) electrons.